The average molecular weight is 341 g/mol. The van der Waals surface area contributed by atoms with Gasteiger partial charge >= 0.3 is 137 Å². The Hall–Kier alpha value is -1.54. The fraction of sp³-hybridized carbons (Fsp3) is 0. The summed E-state index contributed by atoms with van der Waals surface area (Å²) in [6.07, 6.45) is 0. The van der Waals surface area contributed by atoms with Crippen LogP contribution in [0.4, 0.5) is 0 Å². The van der Waals surface area contributed by atoms with Crippen LogP contribution in [0.1, 0.15) is 0 Å². The monoisotopic (exact) mass is 339 g/mol. The summed E-state index contributed by atoms with van der Waals surface area (Å²) in [5.74, 6) is 0. The average Bonchev–Trinajstić information content (AvgIpc) is 2.59. The van der Waals surface area contributed by atoms with Crippen molar-refractivity contribution in [3.63, 3.8) is 0 Å². The molecular weight excluding hydrogens is 326 g/mol. The summed E-state index contributed by atoms with van der Waals surface area (Å²) < 4.78 is 6.36. The van der Waals surface area contributed by atoms with Crippen molar-refractivity contribution >= 4 is 23.9 Å². The number of rotatable bonds is 4. The third-order valence-corrected chi connectivity index (χ3v) is 10.4. The van der Waals surface area contributed by atoms with E-state index < -0.39 is 8.32 Å². The third-order valence-electron chi connectivity index (χ3n) is 3.76. The van der Waals surface area contributed by atoms with E-state index in [-0.39, 0.29) is 0 Å². The summed E-state index contributed by atoms with van der Waals surface area (Å²) in [6.45, 7) is 0. The third kappa shape index (κ3) is 2.65. The molecule has 0 fully saturated rings. The minimum atomic E-state index is -2.34. The Bertz CT molecular complexity index is 590. The maximum atomic E-state index is 6.36. The van der Waals surface area contributed by atoms with E-state index in [2.05, 4.69) is 91.0 Å². The van der Waals surface area contributed by atoms with E-state index in [4.69, 9.17) is 3.25 Å². The van der Waals surface area contributed by atoms with Gasteiger partial charge in [-0.2, -0.15) is 0 Å². The number of benzene rings is 3. The van der Waals surface area contributed by atoms with E-state index in [1.807, 2.05) is 0 Å². The molecule has 0 spiro atoms. The van der Waals surface area contributed by atoms with Crippen LogP contribution in [-0.4, -0.2) is 8.32 Å². The Morgan fingerprint density at radius 2 is 0.810 bits per heavy atom. The van der Waals surface area contributed by atoms with Crippen LogP contribution in [0.2, 0.25) is 0 Å². The first-order chi connectivity index (χ1) is 10.4. The molecular formula is C18H15OSiZn. The minimum absolute atomic E-state index is 0.824. The van der Waals surface area contributed by atoms with Crippen molar-refractivity contribution in [2.45, 2.75) is 0 Å². The van der Waals surface area contributed by atoms with Gasteiger partial charge in [0.15, 0.2) is 0 Å². The Labute approximate surface area is 136 Å². The normalized spacial score (nSPS) is 11.3. The molecule has 3 heteroatoms. The second-order valence-electron chi connectivity index (χ2n) is 4.92. The van der Waals surface area contributed by atoms with Crippen molar-refractivity contribution in [1.82, 2.24) is 0 Å². The van der Waals surface area contributed by atoms with Crippen LogP contribution in [0.25, 0.3) is 0 Å². The summed E-state index contributed by atoms with van der Waals surface area (Å²) in [5.41, 5.74) is 0. The molecule has 0 heterocycles. The molecule has 3 aromatic carbocycles. The van der Waals surface area contributed by atoms with Crippen LogP contribution in [0, 0.1) is 0 Å². The van der Waals surface area contributed by atoms with Crippen molar-refractivity contribution in [3.05, 3.63) is 91.0 Å². The predicted octanol–water partition coefficient (Wildman–Crippen LogP) is 2.13. The van der Waals surface area contributed by atoms with Crippen LogP contribution in [0.15, 0.2) is 91.0 Å². The van der Waals surface area contributed by atoms with Crippen LogP contribution in [-0.2, 0) is 21.9 Å². The van der Waals surface area contributed by atoms with Crippen LogP contribution < -0.4 is 15.6 Å². The second kappa shape index (κ2) is 6.48. The van der Waals surface area contributed by atoms with Crippen molar-refractivity contribution in [1.29, 1.82) is 0 Å². The summed E-state index contributed by atoms with van der Waals surface area (Å²) in [4.78, 5) is 0. The zero-order valence-electron chi connectivity index (χ0n) is 11.8. The molecule has 99 valence electrons. The molecule has 0 bridgehead atoms. The first kappa shape index (κ1) is 14.4. The van der Waals surface area contributed by atoms with Crippen LogP contribution >= 0.6 is 0 Å². The Morgan fingerprint density at radius 1 is 0.524 bits per heavy atom. The molecule has 0 aliphatic carbocycles. The molecule has 0 N–H and O–H groups in total. The van der Waals surface area contributed by atoms with Crippen molar-refractivity contribution in [2.24, 2.45) is 0 Å². The van der Waals surface area contributed by atoms with E-state index in [1.54, 1.807) is 0 Å². The summed E-state index contributed by atoms with van der Waals surface area (Å²) in [6, 6.07) is 32.0. The standard InChI is InChI=1S/C18H15OSi.Zn/c19-20(16-10-4-1-5-11-16,17-12-6-2-7-13-17)18-14-8-3-9-15-18;/h1-15H;/q-1;+1. The van der Waals surface area contributed by atoms with E-state index >= 15 is 0 Å². The zero-order valence-corrected chi connectivity index (χ0v) is 15.7. The molecule has 0 atom stereocenters. The molecule has 0 radical (unpaired) electrons. The molecule has 0 amide bonds. The number of hydrogen-bond donors (Lipinski definition) is 0. The van der Waals surface area contributed by atoms with Gasteiger partial charge in [-0.15, -0.1) is 0 Å². The van der Waals surface area contributed by atoms with Gasteiger partial charge in [0.2, 0.25) is 0 Å². The molecule has 0 aliphatic heterocycles. The Balaban J connectivity index is 2.29. The summed E-state index contributed by atoms with van der Waals surface area (Å²) >= 11 is 0.824. The molecule has 0 saturated heterocycles. The van der Waals surface area contributed by atoms with Crippen molar-refractivity contribution in [2.75, 3.05) is 0 Å². The van der Waals surface area contributed by atoms with E-state index in [9.17, 15) is 0 Å². The molecule has 0 aliphatic rings. The van der Waals surface area contributed by atoms with E-state index in [1.165, 1.54) is 15.6 Å². The van der Waals surface area contributed by atoms with Gasteiger partial charge in [-0.3, -0.25) is 0 Å². The Kier molecular flexibility index (Phi) is 4.45. The van der Waals surface area contributed by atoms with Crippen LogP contribution in [0.3, 0.4) is 0 Å². The molecule has 0 unspecified atom stereocenters. The molecule has 0 saturated carbocycles. The summed E-state index contributed by atoms with van der Waals surface area (Å²) in [5, 5.41) is 3.90. The van der Waals surface area contributed by atoms with E-state index in [0.29, 0.717) is 0 Å². The van der Waals surface area contributed by atoms with Gasteiger partial charge in [-0.1, -0.05) is 0 Å². The van der Waals surface area contributed by atoms with Gasteiger partial charge in [-0.25, -0.2) is 0 Å². The topological polar surface area (TPSA) is 9.23 Å². The molecule has 21 heavy (non-hydrogen) atoms. The van der Waals surface area contributed by atoms with Gasteiger partial charge in [0.05, 0.1) is 0 Å². The maximum absolute atomic E-state index is 6.36. The zero-order chi connectivity index (χ0) is 14.5. The van der Waals surface area contributed by atoms with Gasteiger partial charge in [0, 0.05) is 0 Å². The number of hydrogen-bond acceptors (Lipinski definition) is 1. The first-order valence-corrected chi connectivity index (χ1v) is 10.1. The van der Waals surface area contributed by atoms with Crippen molar-refractivity contribution < 1.29 is 21.9 Å². The van der Waals surface area contributed by atoms with Gasteiger partial charge in [0.25, 0.3) is 0 Å². The van der Waals surface area contributed by atoms with Gasteiger partial charge in [0.1, 0.15) is 0 Å². The fourth-order valence-corrected chi connectivity index (χ4v) is 9.40. The Morgan fingerprint density at radius 3 is 1.05 bits per heavy atom. The van der Waals surface area contributed by atoms with Crippen LogP contribution in [0.5, 0.6) is 0 Å². The molecule has 0 aromatic heterocycles. The predicted molar refractivity (Wildman–Crippen MR) is 85.1 cm³/mol. The van der Waals surface area contributed by atoms with Gasteiger partial charge in [-0.05, 0) is 0 Å². The van der Waals surface area contributed by atoms with E-state index in [0.717, 1.165) is 18.7 Å². The quantitative estimate of drug-likeness (QED) is 0.522. The molecule has 3 rings (SSSR count). The molecule has 3 aromatic rings. The van der Waals surface area contributed by atoms with Gasteiger partial charge < -0.3 is 0 Å². The molecule has 1 nitrogen and oxygen atoms in total. The van der Waals surface area contributed by atoms with Crippen molar-refractivity contribution in [3.8, 4) is 0 Å². The summed E-state index contributed by atoms with van der Waals surface area (Å²) in [7, 11) is -2.34. The SMILES string of the molecule is [Zn][O][Si](c1ccccc1)(c1ccccc1)c1ccccc1. The second-order valence-corrected chi connectivity index (χ2v) is 10.1. The fourth-order valence-electron chi connectivity index (χ4n) is 2.77. The first-order valence-electron chi connectivity index (χ1n) is 6.97.